The summed E-state index contributed by atoms with van der Waals surface area (Å²) in [5, 5.41) is 30.9. The van der Waals surface area contributed by atoms with Gasteiger partial charge >= 0.3 is 0 Å². The van der Waals surface area contributed by atoms with Crippen LogP contribution in [0.5, 0.6) is 5.75 Å². The first-order valence-electron chi connectivity index (χ1n) is 11.3. The third-order valence-corrected chi connectivity index (χ3v) is 5.54. The zero-order chi connectivity index (χ0) is 20.1. The van der Waals surface area contributed by atoms with Crippen molar-refractivity contribution < 1.29 is 15.3 Å². The van der Waals surface area contributed by atoms with Gasteiger partial charge in [-0.1, -0.05) is 78.6 Å². The van der Waals surface area contributed by atoms with Crippen molar-refractivity contribution in [1.29, 1.82) is 0 Å². The lowest BCUT2D eigenvalue weighted by molar-refractivity contribution is 0.159. The van der Waals surface area contributed by atoms with E-state index in [1.807, 2.05) is 26.0 Å². The predicted octanol–water partition coefficient (Wildman–Crippen LogP) is 6.74. The average Bonchev–Trinajstić information content (AvgIpc) is 2.69. The third kappa shape index (κ3) is 8.66. The molecule has 0 saturated carbocycles. The van der Waals surface area contributed by atoms with E-state index in [0.29, 0.717) is 24.0 Å². The van der Waals surface area contributed by atoms with Crippen LogP contribution in [-0.2, 0) is 6.42 Å². The number of aliphatic hydroxyl groups is 2. The highest BCUT2D eigenvalue weighted by molar-refractivity contribution is 5.46. The first-order chi connectivity index (χ1) is 13.0. The SMILES string of the molecule is CCCCCCCCCCCCc1cc(C(O)CC)c(O)c(C(O)CC)c1. The van der Waals surface area contributed by atoms with Crippen molar-refractivity contribution in [3.05, 3.63) is 28.8 Å². The molecule has 0 aliphatic carbocycles. The summed E-state index contributed by atoms with van der Waals surface area (Å²) in [6.45, 7) is 6.05. The molecule has 27 heavy (non-hydrogen) atoms. The maximum atomic E-state index is 10.4. The molecule has 0 aliphatic heterocycles. The number of aromatic hydroxyl groups is 1. The summed E-state index contributed by atoms with van der Waals surface area (Å²) in [6, 6.07) is 3.84. The number of phenolic OH excluding ortho intramolecular Hbond substituents is 1. The number of aryl methyl sites for hydroxylation is 1. The molecule has 3 heteroatoms. The number of benzene rings is 1. The van der Waals surface area contributed by atoms with Gasteiger partial charge in [-0.2, -0.15) is 0 Å². The summed E-state index contributed by atoms with van der Waals surface area (Å²) in [5.41, 5.74) is 2.23. The van der Waals surface area contributed by atoms with Gasteiger partial charge < -0.3 is 15.3 Å². The van der Waals surface area contributed by atoms with Gasteiger partial charge in [0, 0.05) is 11.1 Å². The molecule has 3 nitrogen and oxygen atoms in total. The highest BCUT2D eigenvalue weighted by Gasteiger charge is 2.19. The number of hydrogen-bond acceptors (Lipinski definition) is 3. The van der Waals surface area contributed by atoms with E-state index < -0.39 is 12.2 Å². The van der Waals surface area contributed by atoms with E-state index >= 15 is 0 Å². The van der Waals surface area contributed by atoms with E-state index in [1.165, 1.54) is 57.8 Å². The molecule has 2 atom stereocenters. The van der Waals surface area contributed by atoms with Gasteiger partial charge in [0.1, 0.15) is 5.75 Å². The number of unbranched alkanes of at least 4 members (excludes halogenated alkanes) is 9. The Morgan fingerprint density at radius 1 is 0.667 bits per heavy atom. The maximum absolute atomic E-state index is 10.4. The van der Waals surface area contributed by atoms with Crippen LogP contribution < -0.4 is 0 Å². The molecule has 0 bridgehead atoms. The Bertz CT molecular complexity index is 481. The molecular weight excluding hydrogens is 336 g/mol. The lowest BCUT2D eigenvalue weighted by Crippen LogP contribution is -2.04. The standard InChI is InChI=1S/C24H42O3/c1-4-7-8-9-10-11-12-13-14-15-16-19-17-20(22(25)5-2)24(27)21(18-19)23(26)6-3/h17-18,22-23,25-27H,4-16H2,1-3H3. The highest BCUT2D eigenvalue weighted by atomic mass is 16.3. The van der Waals surface area contributed by atoms with Gasteiger partial charge in [0.15, 0.2) is 0 Å². The zero-order valence-electron chi connectivity index (χ0n) is 17.8. The van der Waals surface area contributed by atoms with E-state index in [-0.39, 0.29) is 5.75 Å². The van der Waals surface area contributed by atoms with Gasteiger partial charge in [-0.05, 0) is 43.4 Å². The van der Waals surface area contributed by atoms with Crippen molar-refractivity contribution in [3.8, 4) is 5.75 Å². The normalized spacial score (nSPS) is 13.7. The van der Waals surface area contributed by atoms with Crippen molar-refractivity contribution in [2.75, 3.05) is 0 Å². The summed E-state index contributed by atoms with van der Waals surface area (Å²) in [5.74, 6) is 0.0607. The molecule has 1 rings (SSSR count). The van der Waals surface area contributed by atoms with Crippen LogP contribution in [0.3, 0.4) is 0 Å². The van der Waals surface area contributed by atoms with Crippen LogP contribution >= 0.6 is 0 Å². The van der Waals surface area contributed by atoms with Crippen LogP contribution in [0.2, 0.25) is 0 Å². The maximum Gasteiger partial charge on any atom is 0.127 e. The summed E-state index contributed by atoms with van der Waals surface area (Å²) in [6.07, 6.45) is 13.8. The molecule has 1 aromatic rings. The van der Waals surface area contributed by atoms with E-state index in [1.54, 1.807) is 0 Å². The molecule has 0 amide bonds. The molecule has 0 fully saturated rings. The highest BCUT2D eigenvalue weighted by Crippen LogP contribution is 2.36. The minimum Gasteiger partial charge on any atom is -0.507 e. The zero-order valence-corrected chi connectivity index (χ0v) is 17.8. The van der Waals surface area contributed by atoms with E-state index in [0.717, 1.165) is 18.4 Å². The third-order valence-electron chi connectivity index (χ3n) is 5.54. The summed E-state index contributed by atoms with van der Waals surface area (Å²) in [7, 11) is 0. The summed E-state index contributed by atoms with van der Waals surface area (Å²) >= 11 is 0. The number of rotatable bonds is 15. The Morgan fingerprint density at radius 2 is 1.07 bits per heavy atom. The van der Waals surface area contributed by atoms with Gasteiger partial charge in [0.2, 0.25) is 0 Å². The van der Waals surface area contributed by atoms with Crippen molar-refractivity contribution in [1.82, 2.24) is 0 Å². The molecule has 0 radical (unpaired) electrons. The Kier molecular flexibility index (Phi) is 12.4. The molecule has 0 spiro atoms. The monoisotopic (exact) mass is 378 g/mol. The Hall–Kier alpha value is -1.06. The second-order valence-electron chi connectivity index (χ2n) is 7.90. The lowest BCUT2D eigenvalue weighted by Gasteiger charge is -2.19. The van der Waals surface area contributed by atoms with E-state index in [9.17, 15) is 15.3 Å². The molecule has 156 valence electrons. The van der Waals surface area contributed by atoms with Gasteiger partial charge in [-0.25, -0.2) is 0 Å². The first-order valence-corrected chi connectivity index (χ1v) is 11.3. The van der Waals surface area contributed by atoms with Gasteiger partial charge in [-0.3, -0.25) is 0 Å². The molecule has 1 aromatic carbocycles. The van der Waals surface area contributed by atoms with E-state index in [2.05, 4.69) is 6.92 Å². The van der Waals surface area contributed by atoms with Gasteiger partial charge in [-0.15, -0.1) is 0 Å². The molecule has 0 heterocycles. The second-order valence-corrected chi connectivity index (χ2v) is 7.90. The fraction of sp³-hybridized carbons (Fsp3) is 0.750. The molecule has 0 aromatic heterocycles. The van der Waals surface area contributed by atoms with Crippen LogP contribution in [0.15, 0.2) is 12.1 Å². The van der Waals surface area contributed by atoms with Crippen LogP contribution in [-0.4, -0.2) is 15.3 Å². The molecule has 2 unspecified atom stereocenters. The summed E-state index contributed by atoms with van der Waals surface area (Å²) < 4.78 is 0. The van der Waals surface area contributed by atoms with Crippen LogP contribution in [0.25, 0.3) is 0 Å². The predicted molar refractivity (Wildman–Crippen MR) is 114 cm³/mol. The quantitative estimate of drug-likeness (QED) is 0.296. The topological polar surface area (TPSA) is 60.7 Å². The van der Waals surface area contributed by atoms with Crippen LogP contribution in [0, 0.1) is 0 Å². The lowest BCUT2D eigenvalue weighted by atomic mass is 9.93. The number of hydrogen-bond donors (Lipinski definition) is 3. The Labute approximate surface area is 166 Å². The first kappa shape index (κ1) is 24.0. The fourth-order valence-corrected chi connectivity index (χ4v) is 3.65. The fourth-order valence-electron chi connectivity index (χ4n) is 3.65. The van der Waals surface area contributed by atoms with Crippen molar-refractivity contribution in [2.45, 2.75) is 116 Å². The molecule has 0 aliphatic rings. The molecule has 3 N–H and O–H groups in total. The number of phenols is 1. The minimum absolute atomic E-state index is 0.0607. The Balaban J connectivity index is 2.47. The smallest absolute Gasteiger partial charge is 0.127 e. The summed E-state index contributed by atoms with van der Waals surface area (Å²) in [4.78, 5) is 0. The van der Waals surface area contributed by atoms with Crippen molar-refractivity contribution in [3.63, 3.8) is 0 Å². The molecule has 0 saturated heterocycles. The minimum atomic E-state index is -0.680. The van der Waals surface area contributed by atoms with E-state index in [4.69, 9.17) is 0 Å². The number of aliphatic hydroxyl groups excluding tert-OH is 2. The van der Waals surface area contributed by atoms with Gasteiger partial charge in [0.05, 0.1) is 12.2 Å². The van der Waals surface area contributed by atoms with Gasteiger partial charge in [0.25, 0.3) is 0 Å². The largest absolute Gasteiger partial charge is 0.507 e. The molecular formula is C24H42O3. The average molecular weight is 379 g/mol. The van der Waals surface area contributed by atoms with Crippen molar-refractivity contribution in [2.24, 2.45) is 0 Å². The van der Waals surface area contributed by atoms with Crippen LogP contribution in [0.4, 0.5) is 0 Å². The Morgan fingerprint density at radius 3 is 1.48 bits per heavy atom. The second kappa shape index (κ2) is 14.0. The van der Waals surface area contributed by atoms with Crippen LogP contribution in [0.1, 0.15) is 127 Å². The van der Waals surface area contributed by atoms with Crippen molar-refractivity contribution >= 4 is 0 Å².